The van der Waals surface area contributed by atoms with Crippen molar-refractivity contribution in [3.8, 4) is 0 Å². The zero-order valence-corrected chi connectivity index (χ0v) is 12.7. The van der Waals surface area contributed by atoms with E-state index in [2.05, 4.69) is 35.3 Å². The number of nitrogens with two attached hydrogens (primary N) is 1. The number of nitrogens with zero attached hydrogens (tertiary/aromatic N) is 2. The summed E-state index contributed by atoms with van der Waals surface area (Å²) in [5.74, 6) is 0. The second-order valence-corrected chi connectivity index (χ2v) is 5.82. The predicted octanol–water partition coefficient (Wildman–Crippen LogP) is 2.72. The first-order valence-corrected chi connectivity index (χ1v) is 7.36. The van der Waals surface area contributed by atoms with Crippen molar-refractivity contribution < 1.29 is 0 Å². The average Bonchev–Trinajstić information content (AvgIpc) is 2.84. The molecular formula is C14H17N3S2. The average molecular weight is 291 g/mol. The summed E-state index contributed by atoms with van der Waals surface area (Å²) in [6, 6.07) is 6.14. The predicted molar refractivity (Wildman–Crippen MR) is 84.4 cm³/mol. The van der Waals surface area contributed by atoms with Crippen LogP contribution < -0.4 is 5.73 Å². The maximum Gasteiger partial charge on any atom is 0.103 e. The standard InChI is InChI=1S/C14H17N3S2/c1-10-5-11(14(15)18)3-4-12(10)6-17(2)7-13-8-19-9-16-13/h3-5,8-9H,6-7H2,1-2H3,(H2,15,18). The first-order valence-electron chi connectivity index (χ1n) is 6.01. The lowest BCUT2D eigenvalue weighted by Gasteiger charge is -2.17. The van der Waals surface area contributed by atoms with Crippen molar-refractivity contribution in [1.29, 1.82) is 0 Å². The number of thiazole rings is 1. The summed E-state index contributed by atoms with van der Waals surface area (Å²) >= 11 is 6.62. The highest BCUT2D eigenvalue weighted by atomic mass is 32.1. The van der Waals surface area contributed by atoms with Crippen LogP contribution in [0, 0.1) is 6.92 Å². The third kappa shape index (κ3) is 3.83. The van der Waals surface area contributed by atoms with Gasteiger partial charge in [-0.3, -0.25) is 4.90 Å². The van der Waals surface area contributed by atoms with E-state index in [9.17, 15) is 0 Å². The van der Waals surface area contributed by atoms with Gasteiger partial charge in [0.25, 0.3) is 0 Å². The molecule has 0 aliphatic carbocycles. The summed E-state index contributed by atoms with van der Waals surface area (Å²) in [5, 5.41) is 2.08. The highest BCUT2D eigenvalue weighted by Gasteiger charge is 2.07. The molecule has 0 unspecified atom stereocenters. The van der Waals surface area contributed by atoms with Crippen LogP contribution in [-0.4, -0.2) is 21.9 Å². The minimum atomic E-state index is 0.450. The van der Waals surface area contributed by atoms with Crippen LogP contribution in [0.5, 0.6) is 0 Å². The van der Waals surface area contributed by atoms with Crippen LogP contribution >= 0.6 is 23.6 Å². The summed E-state index contributed by atoms with van der Waals surface area (Å²) < 4.78 is 0. The van der Waals surface area contributed by atoms with Crippen LogP contribution in [0.1, 0.15) is 22.4 Å². The van der Waals surface area contributed by atoms with Crippen LogP contribution in [0.2, 0.25) is 0 Å². The van der Waals surface area contributed by atoms with Gasteiger partial charge in [-0.1, -0.05) is 24.4 Å². The summed E-state index contributed by atoms with van der Waals surface area (Å²) in [6.07, 6.45) is 0. The molecule has 0 amide bonds. The van der Waals surface area contributed by atoms with Crippen molar-refractivity contribution in [1.82, 2.24) is 9.88 Å². The lowest BCUT2D eigenvalue weighted by Crippen LogP contribution is -2.18. The Morgan fingerprint density at radius 1 is 1.42 bits per heavy atom. The first-order chi connectivity index (χ1) is 9.06. The lowest BCUT2D eigenvalue weighted by atomic mass is 10.0. The molecule has 0 saturated heterocycles. The SMILES string of the molecule is Cc1cc(C(N)=S)ccc1CN(C)Cc1cscn1. The van der Waals surface area contributed by atoms with Crippen molar-refractivity contribution >= 4 is 28.5 Å². The molecule has 1 aromatic heterocycles. The van der Waals surface area contributed by atoms with Gasteiger partial charge in [-0.15, -0.1) is 11.3 Å². The number of hydrogen-bond acceptors (Lipinski definition) is 4. The van der Waals surface area contributed by atoms with Crippen LogP contribution in [0.25, 0.3) is 0 Å². The van der Waals surface area contributed by atoms with Gasteiger partial charge in [0.05, 0.1) is 11.2 Å². The molecule has 0 saturated carbocycles. The van der Waals surface area contributed by atoms with Crippen molar-refractivity contribution in [3.63, 3.8) is 0 Å². The fourth-order valence-corrected chi connectivity index (χ4v) is 2.64. The molecule has 2 aromatic rings. The molecule has 2 rings (SSSR count). The molecule has 3 nitrogen and oxygen atoms in total. The molecule has 5 heteroatoms. The number of aromatic nitrogens is 1. The summed E-state index contributed by atoms with van der Waals surface area (Å²) in [7, 11) is 2.10. The number of aryl methyl sites for hydroxylation is 1. The van der Waals surface area contributed by atoms with E-state index in [1.807, 2.05) is 17.6 Å². The van der Waals surface area contributed by atoms with E-state index in [0.29, 0.717) is 4.99 Å². The zero-order chi connectivity index (χ0) is 13.8. The van der Waals surface area contributed by atoms with E-state index in [4.69, 9.17) is 18.0 Å². The lowest BCUT2D eigenvalue weighted by molar-refractivity contribution is 0.315. The second kappa shape index (κ2) is 6.23. The van der Waals surface area contributed by atoms with Crippen LogP contribution in [0.3, 0.4) is 0 Å². The molecule has 0 radical (unpaired) electrons. The van der Waals surface area contributed by atoms with E-state index >= 15 is 0 Å². The Labute approximate surface area is 123 Å². The molecule has 0 bridgehead atoms. The summed E-state index contributed by atoms with van der Waals surface area (Å²) in [4.78, 5) is 7.00. The number of rotatable bonds is 5. The Kier molecular flexibility index (Phi) is 4.63. The Bertz CT molecular complexity index is 564. The Morgan fingerprint density at radius 3 is 2.79 bits per heavy atom. The van der Waals surface area contributed by atoms with E-state index in [1.54, 1.807) is 11.3 Å². The highest BCUT2D eigenvalue weighted by Crippen LogP contribution is 2.14. The van der Waals surface area contributed by atoms with Gasteiger partial charge in [0.15, 0.2) is 0 Å². The Morgan fingerprint density at radius 2 is 2.21 bits per heavy atom. The van der Waals surface area contributed by atoms with Crippen LogP contribution in [0.15, 0.2) is 29.1 Å². The maximum atomic E-state index is 5.64. The normalized spacial score (nSPS) is 10.9. The van der Waals surface area contributed by atoms with Crippen LogP contribution in [-0.2, 0) is 13.1 Å². The Balaban J connectivity index is 2.04. The largest absolute Gasteiger partial charge is 0.389 e. The molecule has 2 N–H and O–H groups in total. The third-order valence-corrected chi connectivity index (χ3v) is 3.85. The summed E-state index contributed by atoms with van der Waals surface area (Å²) in [5.41, 5.74) is 12.1. The molecule has 0 aliphatic heterocycles. The third-order valence-electron chi connectivity index (χ3n) is 2.98. The molecular weight excluding hydrogens is 274 g/mol. The van der Waals surface area contributed by atoms with Gasteiger partial charge in [0, 0.05) is 24.0 Å². The van der Waals surface area contributed by atoms with Gasteiger partial charge >= 0.3 is 0 Å². The van der Waals surface area contributed by atoms with Crippen molar-refractivity contribution in [2.45, 2.75) is 20.0 Å². The van der Waals surface area contributed by atoms with Gasteiger partial charge in [-0.2, -0.15) is 0 Å². The first kappa shape index (κ1) is 14.1. The summed E-state index contributed by atoms with van der Waals surface area (Å²) in [6.45, 7) is 3.84. The second-order valence-electron chi connectivity index (χ2n) is 4.66. The molecule has 0 atom stereocenters. The van der Waals surface area contributed by atoms with Gasteiger partial charge in [0.2, 0.25) is 0 Å². The molecule has 1 heterocycles. The van der Waals surface area contributed by atoms with Gasteiger partial charge < -0.3 is 5.73 Å². The Hall–Kier alpha value is -1.30. The van der Waals surface area contributed by atoms with Gasteiger partial charge in [-0.25, -0.2) is 4.98 Å². The van der Waals surface area contributed by atoms with Gasteiger partial charge in [-0.05, 0) is 31.2 Å². The van der Waals surface area contributed by atoms with Gasteiger partial charge in [0.1, 0.15) is 4.99 Å². The van der Waals surface area contributed by atoms with Crippen molar-refractivity contribution in [3.05, 3.63) is 51.5 Å². The maximum absolute atomic E-state index is 5.64. The smallest absolute Gasteiger partial charge is 0.103 e. The molecule has 0 spiro atoms. The fraction of sp³-hybridized carbons (Fsp3) is 0.286. The van der Waals surface area contributed by atoms with Crippen molar-refractivity contribution in [2.24, 2.45) is 5.73 Å². The molecule has 1 aromatic carbocycles. The van der Waals surface area contributed by atoms with E-state index < -0.39 is 0 Å². The minimum Gasteiger partial charge on any atom is -0.389 e. The fourth-order valence-electron chi connectivity index (χ4n) is 1.97. The number of benzene rings is 1. The monoisotopic (exact) mass is 291 g/mol. The molecule has 100 valence electrons. The molecule has 0 aliphatic rings. The quantitative estimate of drug-likeness (QED) is 0.860. The van der Waals surface area contributed by atoms with E-state index in [0.717, 1.165) is 24.3 Å². The highest BCUT2D eigenvalue weighted by molar-refractivity contribution is 7.80. The van der Waals surface area contributed by atoms with Crippen molar-refractivity contribution in [2.75, 3.05) is 7.05 Å². The zero-order valence-electron chi connectivity index (χ0n) is 11.1. The van der Waals surface area contributed by atoms with Crippen LogP contribution in [0.4, 0.5) is 0 Å². The molecule has 19 heavy (non-hydrogen) atoms. The van der Waals surface area contributed by atoms with E-state index in [1.165, 1.54) is 11.1 Å². The number of hydrogen-bond donors (Lipinski definition) is 1. The minimum absolute atomic E-state index is 0.450. The number of thiocarbonyl (C=S) groups is 1. The topological polar surface area (TPSA) is 42.1 Å². The molecule has 0 fully saturated rings. The van der Waals surface area contributed by atoms with E-state index in [-0.39, 0.29) is 0 Å².